The van der Waals surface area contributed by atoms with Gasteiger partial charge >= 0.3 is 46.5 Å². The molecule has 6 saturated heterocycles. The monoisotopic (exact) mass is 1310 g/mol. The summed E-state index contributed by atoms with van der Waals surface area (Å²) in [6.45, 7) is 29.3. The van der Waals surface area contributed by atoms with Crippen LogP contribution in [-0.2, 0) is 56.5 Å². The van der Waals surface area contributed by atoms with Gasteiger partial charge in [0, 0.05) is 35.3 Å². The van der Waals surface area contributed by atoms with E-state index in [1.807, 2.05) is 106 Å². The number of carbonyl (C=O) groups excluding carboxylic acids is 6. The smallest absolute Gasteiger partial charge is 0.442 e. The van der Waals surface area contributed by atoms with E-state index in [4.69, 9.17) is 52.2 Å². The van der Waals surface area contributed by atoms with Crippen molar-refractivity contribution in [1.29, 1.82) is 0 Å². The number of anilines is 3. The van der Waals surface area contributed by atoms with Gasteiger partial charge in [-0.25, -0.2) is 27.6 Å². The predicted molar refractivity (Wildman–Crippen MR) is 319 cm³/mol. The van der Waals surface area contributed by atoms with Crippen LogP contribution in [0.25, 0.3) is 0 Å². The summed E-state index contributed by atoms with van der Waals surface area (Å²) in [6.07, 6.45) is -3.18. The molecule has 0 saturated carbocycles. The van der Waals surface area contributed by atoms with E-state index in [-0.39, 0.29) is 95.3 Å². The van der Waals surface area contributed by atoms with Crippen LogP contribution < -0.4 is 41.6 Å². The molecule has 6 fully saturated rings. The minimum absolute atomic E-state index is 0.166. The molecule has 0 aliphatic carbocycles. The van der Waals surface area contributed by atoms with Gasteiger partial charge < -0.3 is 68.1 Å². The normalized spacial score (nSPS) is 22.7. The number of rotatable bonds is 12. The second-order valence-electron chi connectivity index (χ2n) is 23.9. The molecule has 3 aromatic rings. The molecule has 6 heterocycles. The zero-order valence-electron chi connectivity index (χ0n) is 50.4. The first-order chi connectivity index (χ1) is 39.2. The summed E-state index contributed by atoms with van der Waals surface area (Å²) in [7, 11) is -3.69. The summed E-state index contributed by atoms with van der Waals surface area (Å²) in [5, 5.41) is 25.6. The third kappa shape index (κ3) is 16.7. The SMILES string of the molecule is CC(=O)NC[C@H]1CN(c2ccc(B(O)O)c(F)c2)C(=O)O1.CC(=O)NC[C@H]1CN(c2ccc(B3OC(C)(C)C(C)(C)O3)c(F)c2)C(=O)O1.CC(=O)NC[C@H]1CN(c2ccc(I)c(F)c2)C(=O)O1.CC1(C)OB(B2OC(C)(C)C(C)(C)O2)OC1(C)C. The van der Waals surface area contributed by atoms with Crippen molar-refractivity contribution in [1.82, 2.24) is 16.0 Å². The highest BCUT2D eigenvalue weighted by Gasteiger charge is 2.64. The highest BCUT2D eigenvalue weighted by molar-refractivity contribution is 14.1. The van der Waals surface area contributed by atoms with Crippen molar-refractivity contribution in [2.24, 2.45) is 0 Å². The van der Waals surface area contributed by atoms with Gasteiger partial charge in [0.15, 0.2) is 0 Å². The van der Waals surface area contributed by atoms with Gasteiger partial charge in [0.1, 0.15) is 35.8 Å². The van der Waals surface area contributed by atoms with Gasteiger partial charge in [0.25, 0.3) is 0 Å². The maximum Gasteiger partial charge on any atom is 0.497 e. The number of halogens is 4. The minimum atomic E-state index is -1.92. The molecule has 6 amide bonds. The number of benzene rings is 3. The van der Waals surface area contributed by atoms with Gasteiger partial charge in [-0.05, 0) is 148 Å². The van der Waals surface area contributed by atoms with E-state index in [1.165, 1.54) is 59.7 Å². The van der Waals surface area contributed by atoms with E-state index in [1.54, 1.807) is 24.3 Å². The fraction of sp³-hybridized carbons (Fsp3) is 0.556. The molecular formula is C54H74B4F3IN6O17. The first-order valence-electron chi connectivity index (χ1n) is 27.4. The van der Waals surface area contributed by atoms with E-state index < -0.39 is 87.7 Å². The first kappa shape index (κ1) is 68.5. The fourth-order valence-corrected chi connectivity index (χ4v) is 9.02. The number of hydrogen-bond donors (Lipinski definition) is 5. The van der Waals surface area contributed by atoms with Crippen molar-refractivity contribution >= 4 is 115 Å². The number of ether oxygens (including phenoxy) is 3. The Morgan fingerprint density at radius 3 is 1.13 bits per heavy atom. The highest BCUT2D eigenvalue weighted by atomic mass is 127. The standard InChI is InChI=1S/C18H24BFN2O5.C12H24B2O4.C12H14BFN2O5.C12H12FIN2O3/c1-11(23)21-9-13-10-22(16(24)25-13)12-6-7-14(15(20)8-12)19-26-17(2,3)18(4,5)27-19;1-9(2)10(3,4)16-13(15-9)14-17-11(5,6)12(7,8)18-14;1-7(17)15-5-9-6-16(12(18)21-9)8-2-3-10(13(19)20)11(14)4-8;1-7(17)15-5-9-6-16(12(18)19-9)8-2-3-11(14)10(13)4-8/h6-8,13H,9-10H2,1-5H3,(H,21,23);1-8H3;2-4,9,19-20H,5-6H2,1H3,(H,15,17);2-4,9H,5-6H2,1H3,(H,15,17)/t13-;;2*9-/m0.00/s1. The van der Waals surface area contributed by atoms with Gasteiger partial charge in [0.05, 0.1) is 89.9 Å². The molecule has 0 spiro atoms. The number of nitrogens with one attached hydrogen (secondary N) is 3. The average molecular weight is 1310 g/mol. The molecule has 0 unspecified atom stereocenters. The molecule has 9 rings (SSSR count). The van der Waals surface area contributed by atoms with Crippen LogP contribution in [0.1, 0.15) is 104 Å². The van der Waals surface area contributed by atoms with Crippen molar-refractivity contribution in [2.45, 2.75) is 156 Å². The van der Waals surface area contributed by atoms with E-state index in [9.17, 15) is 41.9 Å². The molecular weight excluding hydrogens is 1230 g/mol. The van der Waals surface area contributed by atoms with Crippen LogP contribution in [0.2, 0.25) is 0 Å². The van der Waals surface area contributed by atoms with Crippen molar-refractivity contribution in [2.75, 3.05) is 54.0 Å². The number of amides is 6. The molecule has 462 valence electrons. The zero-order chi connectivity index (χ0) is 63.5. The summed E-state index contributed by atoms with van der Waals surface area (Å²) in [6, 6.07) is 12.6. The molecule has 31 heteroatoms. The summed E-state index contributed by atoms with van der Waals surface area (Å²) >= 11 is 1.88. The highest BCUT2D eigenvalue weighted by Crippen LogP contribution is 2.43. The molecule has 0 aromatic heterocycles. The Labute approximate surface area is 507 Å². The van der Waals surface area contributed by atoms with Gasteiger partial charge in [-0.2, -0.15) is 0 Å². The Morgan fingerprint density at radius 1 is 0.518 bits per heavy atom. The zero-order valence-corrected chi connectivity index (χ0v) is 52.5. The van der Waals surface area contributed by atoms with Crippen LogP contribution in [0.4, 0.5) is 44.6 Å². The van der Waals surface area contributed by atoms with Crippen LogP contribution >= 0.6 is 22.6 Å². The number of hydrogen-bond acceptors (Lipinski definition) is 17. The van der Waals surface area contributed by atoms with Gasteiger partial charge in [-0.1, -0.05) is 12.1 Å². The molecule has 6 aliphatic rings. The molecule has 5 N–H and O–H groups in total. The topological polar surface area (TPSA) is 272 Å². The molecule has 3 aromatic carbocycles. The fourth-order valence-electron chi connectivity index (χ4n) is 8.68. The van der Waals surface area contributed by atoms with Gasteiger partial charge in [-0.3, -0.25) is 29.1 Å². The van der Waals surface area contributed by atoms with E-state index in [0.29, 0.717) is 21.5 Å². The molecule has 3 atom stereocenters. The van der Waals surface area contributed by atoms with Crippen LogP contribution in [0.3, 0.4) is 0 Å². The quantitative estimate of drug-likeness (QED) is 0.0935. The summed E-state index contributed by atoms with van der Waals surface area (Å²) in [4.78, 5) is 72.0. The maximum atomic E-state index is 14.7. The van der Waals surface area contributed by atoms with Crippen LogP contribution in [0.5, 0.6) is 0 Å². The third-order valence-electron chi connectivity index (χ3n) is 15.7. The largest absolute Gasteiger partial charge is 0.497 e. The Bertz CT molecular complexity index is 2900. The number of nitrogens with zero attached hydrogens (tertiary/aromatic N) is 3. The van der Waals surface area contributed by atoms with Crippen molar-refractivity contribution < 1.29 is 94.1 Å². The summed E-state index contributed by atoms with van der Waals surface area (Å²) in [5.74, 6) is -2.37. The molecule has 0 radical (unpaired) electrons. The Balaban J connectivity index is 0.000000184. The second-order valence-corrected chi connectivity index (χ2v) is 25.0. The van der Waals surface area contributed by atoms with Crippen LogP contribution in [0, 0.1) is 21.0 Å². The maximum absolute atomic E-state index is 14.7. The Hall–Kier alpha value is -5.66. The molecule has 0 bridgehead atoms. The first-order valence-corrected chi connectivity index (χ1v) is 28.5. The van der Waals surface area contributed by atoms with E-state index >= 15 is 0 Å². The van der Waals surface area contributed by atoms with Gasteiger partial charge in [0.2, 0.25) is 17.7 Å². The predicted octanol–water partition coefficient (Wildman–Crippen LogP) is 4.69. The van der Waals surface area contributed by atoms with Crippen LogP contribution in [-0.4, -0.2) is 165 Å². The Kier molecular flexibility index (Phi) is 21.5. The molecule has 23 nitrogen and oxygen atoms in total. The summed E-state index contributed by atoms with van der Waals surface area (Å²) in [5.41, 5.74) is -1.51. The second kappa shape index (κ2) is 26.8. The van der Waals surface area contributed by atoms with Crippen molar-refractivity contribution in [3.05, 3.63) is 75.6 Å². The molecule has 85 heavy (non-hydrogen) atoms. The average Bonchev–Trinajstić information content (AvgIpc) is 3.68. The van der Waals surface area contributed by atoms with Crippen molar-refractivity contribution in [3.8, 4) is 0 Å². The lowest BCUT2D eigenvalue weighted by Gasteiger charge is -2.32. The third-order valence-corrected chi connectivity index (χ3v) is 16.6. The molecule has 6 aliphatic heterocycles. The Morgan fingerprint density at radius 2 is 0.824 bits per heavy atom. The number of cyclic esters (lactones) is 3. The van der Waals surface area contributed by atoms with Crippen LogP contribution in [0.15, 0.2) is 54.6 Å². The van der Waals surface area contributed by atoms with E-state index in [0.717, 1.165) is 6.07 Å². The van der Waals surface area contributed by atoms with Crippen molar-refractivity contribution in [3.63, 3.8) is 0 Å². The lowest BCUT2D eigenvalue weighted by molar-refractivity contribution is -0.120. The number of carbonyl (C=O) groups is 6. The lowest BCUT2D eigenvalue weighted by atomic mass is 9.49. The minimum Gasteiger partial charge on any atom is -0.442 e. The van der Waals surface area contributed by atoms with E-state index in [2.05, 4.69) is 16.0 Å². The summed E-state index contributed by atoms with van der Waals surface area (Å²) < 4.78 is 93.3. The van der Waals surface area contributed by atoms with Gasteiger partial charge in [-0.15, -0.1) is 0 Å². The lowest BCUT2D eigenvalue weighted by Crippen LogP contribution is -2.41.